The fourth-order valence-corrected chi connectivity index (χ4v) is 4.13. The Morgan fingerprint density at radius 3 is 2.58 bits per heavy atom. The SMILES string of the molecule is CCOc1nnc(-c2cc(NC(=O)c3ccnc(C(C)(C)F)c3)c(C)cc2C)cc1N1CCOCC1. The number of carbonyl (C=O) groups is 1. The van der Waals surface area contributed by atoms with E-state index in [0.717, 1.165) is 35.5 Å². The number of halogens is 1. The summed E-state index contributed by atoms with van der Waals surface area (Å²) in [7, 11) is 0. The van der Waals surface area contributed by atoms with Gasteiger partial charge in [-0.1, -0.05) is 6.07 Å². The molecule has 1 N–H and O–H groups in total. The van der Waals surface area contributed by atoms with E-state index in [1.165, 1.54) is 26.1 Å². The number of benzene rings is 1. The van der Waals surface area contributed by atoms with E-state index in [4.69, 9.17) is 9.47 Å². The predicted octanol–water partition coefficient (Wildman–Crippen LogP) is 4.85. The minimum absolute atomic E-state index is 0.205. The second-order valence-corrected chi connectivity index (χ2v) is 9.29. The molecule has 0 unspecified atom stereocenters. The Kier molecular flexibility index (Phi) is 7.49. The molecule has 1 fully saturated rings. The van der Waals surface area contributed by atoms with E-state index in [2.05, 4.69) is 25.4 Å². The van der Waals surface area contributed by atoms with Gasteiger partial charge in [-0.25, -0.2) is 4.39 Å². The van der Waals surface area contributed by atoms with Crippen LogP contribution in [0.1, 0.15) is 48.0 Å². The van der Waals surface area contributed by atoms with Gasteiger partial charge in [0.25, 0.3) is 11.8 Å². The van der Waals surface area contributed by atoms with E-state index < -0.39 is 5.67 Å². The van der Waals surface area contributed by atoms with Gasteiger partial charge in [-0.3, -0.25) is 9.78 Å². The summed E-state index contributed by atoms with van der Waals surface area (Å²) in [6, 6.07) is 8.93. The summed E-state index contributed by atoms with van der Waals surface area (Å²) in [6.07, 6.45) is 1.45. The number of nitrogens with one attached hydrogen (secondary N) is 1. The molecule has 4 rings (SSSR count). The van der Waals surface area contributed by atoms with Crippen LogP contribution >= 0.6 is 0 Å². The van der Waals surface area contributed by atoms with Crippen LogP contribution in [-0.4, -0.2) is 54.0 Å². The molecule has 1 amide bonds. The van der Waals surface area contributed by atoms with Crippen molar-refractivity contribution in [2.45, 2.75) is 40.3 Å². The summed E-state index contributed by atoms with van der Waals surface area (Å²) in [4.78, 5) is 19.3. The number of rotatable bonds is 7. The molecule has 9 heteroatoms. The molecule has 1 aliphatic heterocycles. The Morgan fingerprint density at radius 2 is 1.89 bits per heavy atom. The zero-order valence-corrected chi connectivity index (χ0v) is 21.4. The number of aromatic nitrogens is 3. The zero-order chi connectivity index (χ0) is 25.9. The van der Waals surface area contributed by atoms with Gasteiger partial charge in [0, 0.05) is 36.1 Å². The highest BCUT2D eigenvalue weighted by Gasteiger charge is 2.23. The van der Waals surface area contributed by atoms with E-state index in [0.29, 0.717) is 42.6 Å². The highest BCUT2D eigenvalue weighted by molar-refractivity contribution is 6.05. The average Bonchev–Trinajstić information content (AvgIpc) is 2.86. The van der Waals surface area contributed by atoms with Gasteiger partial charge in [0.1, 0.15) is 11.4 Å². The number of hydrogen-bond donors (Lipinski definition) is 1. The number of carbonyl (C=O) groups excluding carboxylic acids is 1. The lowest BCUT2D eigenvalue weighted by atomic mass is 10.00. The van der Waals surface area contributed by atoms with Gasteiger partial charge in [0.05, 0.1) is 31.2 Å². The Bertz CT molecular complexity index is 1250. The minimum Gasteiger partial charge on any atom is -0.475 e. The molecule has 0 bridgehead atoms. The van der Waals surface area contributed by atoms with Crippen LogP contribution in [0.25, 0.3) is 11.3 Å². The second kappa shape index (κ2) is 10.6. The van der Waals surface area contributed by atoms with Crippen LogP contribution in [0.3, 0.4) is 0 Å². The number of anilines is 2. The standard InChI is InChI=1S/C27H32FN5O3/c1-6-36-26-23(33-9-11-35-12-10-33)16-22(31-32-26)20-15-21(18(3)13-17(20)2)30-25(34)19-7-8-29-24(14-19)27(4,5)28/h7-8,13-16H,6,9-12H2,1-5H3,(H,30,34). The van der Waals surface area contributed by atoms with Crippen molar-refractivity contribution in [1.82, 2.24) is 15.2 Å². The molecule has 3 aromatic rings. The molecule has 36 heavy (non-hydrogen) atoms. The molecule has 0 radical (unpaired) electrons. The van der Waals surface area contributed by atoms with Crippen LogP contribution in [0.4, 0.5) is 15.8 Å². The highest BCUT2D eigenvalue weighted by atomic mass is 19.1. The minimum atomic E-state index is -1.65. The fraction of sp³-hybridized carbons (Fsp3) is 0.407. The quantitative estimate of drug-likeness (QED) is 0.503. The lowest BCUT2D eigenvalue weighted by Gasteiger charge is -2.29. The molecular formula is C27H32FN5O3. The number of nitrogens with zero attached hydrogens (tertiary/aromatic N) is 4. The van der Waals surface area contributed by atoms with E-state index in [1.807, 2.05) is 39.0 Å². The number of aryl methyl sites for hydroxylation is 2. The summed E-state index contributed by atoms with van der Waals surface area (Å²) in [6.45, 7) is 11.9. The normalized spacial score (nSPS) is 14.0. The van der Waals surface area contributed by atoms with Gasteiger partial charge in [0.15, 0.2) is 0 Å². The highest BCUT2D eigenvalue weighted by Crippen LogP contribution is 2.34. The third kappa shape index (κ3) is 5.62. The van der Waals surface area contributed by atoms with Crippen LogP contribution in [0.15, 0.2) is 36.5 Å². The number of ether oxygens (including phenoxy) is 2. The Labute approximate surface area is 210 Å². The summed E-state index contributed by atoms with van der Waals surface area (Å²) < 4.78 is 25.6. The van der Waals surface area contributed by atoms with Crippen molar-refractivity contribution >= 4 is 17.3 Å². The van der Waals surface area contributed by atoms with Gasteiger partial charge in [-0.05, 0) is 70.0 Å². The summed E-state index contributed by atoms with van der Waals surface area (Å²) in [5, 5.41) is 11.8. The smallest absolute Gasteiger partial charge is 0.257 e. The largest absolute Gasteiger partial charge is 0.475 e. The monoisotopic (exact) mass is 493 g/mol. The van der Waals surface area contributed by atoms with Crippen molar-refractivity contribution in [2.75, 3.05) is 43.1 Å². The van der Waals surface area contributed by atoms with Crippen LogP contribution in [0, 0.1) is 13.8 Å². The number of alkyl halides is 1. The number of hydrogen-bond acceptors (Lipinski definition) is 7. The maximum atomic E-state index is 14.4. The molecule has 1 aliphatic rings. The molecule has 0 atom stereocenters. The van der Waals surface area contributed by atoms with Crippen LogP contribution in [0.5, 0.6) is 5.88 Å². The van der Waals surface area contributed by atoms with Gasteiger partial charge in [0.2, 0.25) is 0 Å². The molecule has 0 aliphatic carbocycles. The third-order valence-corrected chi connectivity index (χ3v) is 6.10. The average molecular weight is 494 g/mol. The molecule has 8 nitrogen and oxygen atoms in total. The molecule has 0 spiro atoms. The molecule has 0 saturated carbocycles. The lowest BCUT2D eigenvalue weighted by Crippen LogP contribution is -2.36. The summed E-state index contributed by atoms with van der Waals surface area (Å²) in [5.74, 6) is 0.151. The summed E-state index contributed by atoms with van der Waals surface area (Å²) in [5.41, 5.74) is 3.84. The Balaban J connectivity index is 1.67. The van der Waals surface area contributed by atoms with Crippen molar-refractivity contribution in [1.29, 1.82) is 0 Å². The number of pyridine rings is 1. The first kappa shape index (κ1) is 25.5. The van der Waals surface area contributed by atoms with E-state index >= 15 is 0 Å². The number of morpholine rings is 1. The lowest BCUT2D eigenvalue weighted by molar-refractivity contribution is 0.102. The summed E-state index contributed by atoms with van der Waals surface area (Å²) >= 11 is 0. The molecule has 3 heterocycles. The fourth-order valence-electron chi connectivity index (χ4n) is 4.13. The molecule has 1 saturated heterocycles. The van der Waals surface area contributed by atoms with Crippen LogP contribution in [0.2, 0.25) is 0 Å². The van der Waals surface area contributed by atoms with Gasteiger partial charge in [-0.15, -0.1) is 10.2 Å². The van der Waals surface area contributed by atoms with E-state index in [-0.39, 0.29) is 11.6 Å². The Hall–Kier alpha value is -3.59. The first-order valence-corrected chi connectivity index (χ1v) is 12.1. The van der Waals surface area contributed by atoms with Crippen molar-refractivity contribution in [3.63, 3.8) is 0 Å². The molecule has 190 valence electrons. The van der Waals surface area contributed by atoms with Crippen LogP contribution < -0.4 is 15.0 Å². The molecule has 1 aromatic carbocycles. The predicted molar refractivity (Wildman–Crippen MR) is 137 cm³/mol. The van der Waals surface area contributed by atoms with Gasteiger partial charge in [-0.2, -0.15) is 0 Å². The maximum Gasteiger partial charge on any atom is 0.257 e. The van der Waals surface area contributed by atoms with Gasteiger partial charge < -0.3 is 19.7 Å². The maximum absolute atomic E-state index is 14.4. The third-order valence-electron chi connectivity index (χ3n) is 6.10. The van der Waals surface area contributed by atoms with Crippen molar-refractivity contribution in [2.24, 2.45) is 0 Å². The Morgan fingerprint density at radius 1 is 1.14 bits per heavy atom. The molecular weight excluding hydrogens is 461 g/mol. The topological polar surface area (TPSA) is 89.5 Å². The van der Waals surface area contributed by atoms with Crippen molar-refractivity contribution in [3.05, 3.63) is 58.9 Å². The second-order valence-electron chi connectivity index (χ2n) is 9.29. The molecule has 2 aromatic heterocycles. The first-order valence-electron chi connectivity index (χ1n) is 12.1. The van der Waals surface area contributed by atoms with Crippen LogP contribution in [-0.2, 0) is 10.4 Å². The number of amides is 1. The van der Waals surface area contributed by atoms with E-state index in [1.54, 1.807) is 6.07 Å². The zero-order valence-electron chi connectivity index (χ0n) is 21.4. The van der Waals surface area contributed by atoms with E-state index in [9.17, 15) is 9.18 Å². The van der Waals surface area contributed by atoms with Gasteiger partial charge >= 0.3 is 0 Å². The van der Waals surface area contributed by atoms with Crippen molar-refractivity contribution in [3.8, 4) is 17.1 Å². The first-order chi connectivity index (χ1) is 17.2. The van der Waals surface area contributed by atoms with Crippen molar-refractivity contribution < 1.29 is 18.7 Å².